The zero-order valence-corrected chi connectivity index (χ0v) is 22.3. The Balaban J connectivity index is 1.78. The summed E-state index contributed by atoms with van der Waals surface area (Å²) in [7, 11) is 0. The zero-order chi connectivity index (χ0) is 27.1. The molecule has 1 fully saturated rings. The van der Waals surface area contributed by atoms with Crippen molar-refractivity contribution in [2.24, 2.45) is 0 Å². The molecule has 1 aliphatic heterocycles. The highest BCUT2D eigenvalue weighted by Crippen LogP contribution is 2.35. The number of esters is 1. The van der Waals surface area contributed by atoms with E-state index in [4.69, 9.17) is 4.74 Å². The average Bonchev–Trinajstić information content (AvgIpc) is 3.20. The Morgan fingerprint density at radius 1 is 1.03 bits per heavy atom. The number of aromatic nitrogens is 2. The number of aryl methyl sites for hydroxylation is 2. The van der Waals surface area contributed by atoms with Gasteiger partial charge in [0.1, 0.15) is 0 Å². The van der Waals surface area contributed by atoms with Gasteiger partial charge in [-0.15, -0.1) is 0 Å². The van der Waals surface area contributed by atoms with Crippen molar-refractivity contribution in [1.82, 2.24) is 19.2 Å². The number of piperazine rings is 1. The topological polar surface area (TPSA) is 50.1 Å². The molecule has 4 heterocycles. The summed E-state index contributed by atoms with van der Waals surface area (Å²) in [6.07, 6.45) is -2.47. The summed E-state index contributed by atoms with van der Waals surface area (Å²) in [5, 5.41) is 0. The molecular weight excluding hydrogens is 481 g/mol. The van der Waals surface area contributed by atoms with E-state index in [2.05, 4.69) is 21.2 Å². The number of carbonyl (C=O) groups is 1. The SMILES string of the molecule is Cc1ccc(-c2ccn3c(C(C)N4CCN(CC(F)(F)F)CC4)c(C)c(C(=O)OC(C)C)cc23)c(C)n1. The molecule has 3 aromatic rings. The summed E-state index contributed by atoms with van der Waals surface area (Å²) >= 11 is 0. The smallest absolute Gasteiger partial charge is 0.401 e. The number of hydrogen-bond acceptors (Lipinski definition) is 5. The Hall–Kier alpha value is -2.91. The number of alkyl halides is 3. The van der Waals surface area contributed by atoms with Crippen LogP contribution >= 0.6 is 0 Å². The predicted octanol–water partition coefficient (Wildman–Crippen LogP) is 5.73. The molecule has 0 N–H and O–H groups in total. The maximum absolute atomic E-state index is 13.2. The minimum absolute atomic E-state index is 0.125. The van der Waals surface area contributed by atoms with Crippen LogP contribution in [0.15, 0.2) is 30.5 Å². The van der Waals surface area contributed by atoms with E-state index in [1.54, 1.807) is 0 Å². The van der Waals surface area contributed by atoms with Crippen molar-refractivity contribution < 1.29 is 22.7 Å². The molecule has 1 unspecified atom stereocenters. The van der Waals surface area contributed by atoms with Crippen LogP contribution in [0, 0.1) is 20.8 Å². The van der Waals surface area contributed by atoms with Crippen molar-refractivity contribution in [3.8, 4) is 11.1 Å². The molecule has 0 spiro atoms. The maximum atomic E-state index is 13.2. The zero-order valence-electron chi connectivity index (χ0n) is 22.3. The van der Waals surface area contributed by atoms with Crippen LogP contribution in [-0.4, -0.2) is 70.2 Å². The second-order valence-electron chi connectivity index (χ2n) is 10.2. The Labute approximate surface area is 216 Å². The fourth-order valence-corrected chi connectivity index (χ4v) is 5.30. The van der Waals surface area contributed by atoms with E-state index in [9.17, 15) is 18.0 Å². The molecule has 0 saturated carbocycles. The summed E-state index contributed by atoms with van der Waals surface area (Å²) in [6.45, 7) is 12.3. The average molecular weight is 517 g/mol. The maximum Gasteiger partial charge on any atom is 0.401 e. The van der Waals surface area contributed by atoms with E-state index in [1.807, 2.05) is 65.1 Å². The quantitative estimate of drug-likeness (QED) is 0.392. The van der Waals surface area contributed by atoms with Gasteiger partial charge in [-0.05, 0) is 65.3 Å². The molecule has 0 radical (unpaired) electrons. The lowest BCUT2D eigenvalue weighted by atomic mass is 9.99. The van der Waals surface area contributed by atoms with Crippen LogP contribution in [0.2, 0.25) is 0 Å². The number of carbonyl (C=O) groups excluding carboxylic acids is 1. The normalized spacial score (nSPS) is 16.5. The van der Waals surface area contributed by atoms with Crippen molar-refractivity contribution in [2.75, 3.05) is 32.7 Å². The summed E-state index contributed by atoms with van der Waals surface area (Å²) in [5.41, 5.74) is 6.89. The highest BCUT2D eigenvalue weighted by molar-refractivity contribution is 5.95. The number of hydrogen-bond donors (Lipinski definition) is 0. The highest BCUT2D eigenvalue weighted by Gasteiger charge is 2.34. The molecule has 1 saturated heterocycles. The first-order valence-electron chi connectivity index (χ1n) is 12.7. The molecule has 200 valence electrons. The van der Waals surface area contributed by atoms with Gasteiger partial charge in [0.15, 0.2) is 0 Å². The number of ether oxygens (including phenoxy) is 1. The monoisotopic (exact) mass is 516 g/mol. The van der Waals surface area contributed by atoms with Crippen LogP contribution in [0.1, 0.15) is 59.8 Å². The third-order valence-electron chi connectivity index (χ3n) is 7.09. The largest absolute Gasteiger partial charge is 0.459 e. The summed E-state index contributed by atoms with van der Waals surface area (Å²) in [4.78, 5) is 21.4. The number of pyridine rings is 2. The lowest BCUT2D eigenvalue weighted by Crippen LogP contribution is -2.49. The fraction of sp³-hybridized carbons (Fsp3) is 0.500. The number of rotatable bonds is 6. The lowest BCUT2D eigenvalue weighted by Gasteiger charge is -2.39. The van der Waals surface area contributed by atoms with Gasteiger partial charge in [0.2, 0.25) is 0 Å². The molecule has 37 heavy (non-hydrogen) atoms. The van der Waals surface area contributed by atoms with Crippen molar-refractivity contribution >= 4 is 11.5 Å². The first-order chi connectivity index (χ1) is 17.4. The third-order valence-corrected chi connectivity index (χ3v) is 7.09. The Bertz CT molecular complexity index is 1290. The van der Waals surface area contributed by atoms with Crippen LogP contribution < -0.4 is 0 Å². The molecular formula is C28H35F3N4O2. The molecule has 0 aromatic carbocycles. The standard InChI is InChI=1S/C28H35F3N4O2/c1-17(2)37-27(36)24-15-25-23(22-8-7-18(3)32-20(22)5)9-10-35(25)26(19(24)4)21(6)34-13-11-33(12-14-34)16-28(29,30)31/h7-10,15,17,21H,11-14,16H2,1-6H3. The molecule has 0 bridgehead atoms. The molecule has 1 aliphatic rings. The van der Waals surface area contributed by atoms with Gasteiger partial charge in [-0.1, -0.05) is 6.07 Å². The minimum atomic E-state index is -4.20. The summed E-state index contributed by atoms with van der Waals surface area (Å²) < 4.78 is 46.3. The number of fused-ring (bicyclic) bond motifs is 1. The van der Waals surface area contributed by atoms with Gasteiger partial charge < -0.3 is 9.14 Å². The molecule has 6 nitrogen and oxygen atoms in total. The van der Waals surface area contributed by atoms with E-state index >= 15 is 0 Å². The molecule has 0 aliphatic carbocycles. The van der Waals surface area contributed by atoms with Gasteiger partial charge in [0.25, 0.3) is 0 Å². The van der Waals surface area contributed by atoms with Gasteiger partial charge in [-0.3, -0.25) is 14.8 Å². The first-order valence-corrected chi connectivity index (χ1v) is 12.7. The highest BCUT2D eigenvalue weighted by atomic mass is 19.4. The van der Waals surface area contributed by atoms with Crippen LogP contribution in [0.5, 0.6) is 0 Å². The Morgan fingerprint density at radius 2 is 1.70 bits per heavy atom. The second kappa shape index (κ2) is 10.5. The third kappa shape index (κ3) is 5.83. The van der Waals surface area contributed by atoms with Crippen molar-refractivity contribution in [3.05, 3.63) is 58.7 Å². The molecule has 0 amide bonds. The van der Waals surface area contributed by atoms with Gasteiger partial charge in [-0.25, -0.2) is 4.79 Å². The van der Waals surface area contributed by atoms with Gasteiger partial charge in [-0.2, -0.15) is 13.2 Å². The van der Waals surface area contributed by atoms with Crippen molar-refractivity contribution in [1.29, 1.82) is 0 Å². The van der Waals surface area contributed by atoms with Crippen molar-refractivity contribution in [2.45, 2.75) is 59.9 Å². The van der Waals surface area contributed by atoms with Gasteiger partial charge in [0.05, 0.1) is 23.7 Å². The van der Waals surface area contributed by atoms with E-state index in [1.165, 1.54) is 4.90 Å². The van der Waals surface area contributed by atoms with Crippen LogP contribution in [0.3, 0.4) is 0 Å². The predicted molar refractivity (Wildman–Crippen MR) is 138 cm³/mol. The van der Waals surface area contributed by atoms with Gasteiger partial charge in [0, 0.05) is 66.6 Å². The van der Waals surface area contributed by atoms with Crippen LogP contribution in [-0.2, 0) is 4.74 Å². The fourth-order valence-electron chi connectivity index (χ4n) is 5.30. The molecule has 9 heteroatoms. The summed E-state index contributed by atoms with van der Waals surface area (Å²) in [6, 6.07) is 7.80. The Morgan fingerprint density at radius 3 is 2.30 bits per heavy atom. The lowest BCUT2D eigenvalue weighted by molar-refractivity contribution is -0.149. The van der Waals surface area contributed by atoms with E-state index in [0.29, 0.717) is 31.7 Å². The number of halogens is 3. The Kier molecular flexibility index (Phi) is 7.67. The molecule has 4 rings (SSSR count). The van der Waals surface area contributed by atoms with Gasteiger partial charge >= 0.3 is 12.1 Å². The second-order valence-corrected chi connectivity index (χ2v) is 10.2. The van der Waals surface area contributed by atoms with Crippen LogP contribution in [0.25, 0.3) is 16.6 Å². The van der Waals surface area contributed by atoms with Crippen molar-refractivity contribution in [3.63, 3.8) is 0 Å². The first kappa shape index (κ1) is 27.1. The molecule has 3 aromatic heterocycles. The van der Waals surface area contributed by atoms with E-state index in [-0.39, 0.29) is 18.1 Å². The van der Waals surface area contributed by atoms with E-state index in [0.717, 1.165) is 39.3 Å². The molecule has 1 atom stereocenters. The van der Waals surface area contributed by atoms with E-state index < -0.39 is 12.7 Å². The summed E-state index contributed by atoms with van der Waals surface area (Å²) in [5.74, 6) is -0.385. The van der Waals surface area contributed by atoms with Crippen LogP contribution in [0.4, 0.5) is 13.2 Å². The minimum Gasteiger partial charge on any atom is -0.459 e. The number of nitrogens with zero attached hydrogens (tertiary/aromatic N) is 4.